The lowest BCUT2D eigenvalue weighted by Crippen LogP contribution is -2.22. The second-order valence-electron chi connectivity index (χ2n) is 3.86. The molecular weight excluding hydrogens is 248 g/mol. The van der Waals surface area contributed by atoms with E-state index < -0.39 is 0 Å². The zero-order valence-electron chi connectivity index (χ0n) is 10.7. The van der Waals surface area contributed by atoms with E-state index in [0.29, 0.717) is 19.4 Å². The van der Waals surface area contributed by atoms with Crippen molar-refractivity contribution in [1.82, 2.24) is 5.32 Å². The standard InChI is InChI=1S/C13H18N2O2S/c1-10(16)14-9-3-4-13(17)15-11-5-7-12(18-2)8-6-11/h5-8H,3-4,9H2,1-2H3,(H,14,16)(H,15,17). The molecule has 0 heterocycles. The summed E-state index contributed by atoms with van der Waals surface area (Å²) in [5.41, 5.74) is 0.803. The Kier molecular flexibility index (Phi) is 6.28. The van der Waals surface area contributed by atoms with Gasteiger partial charge < -0.3 is 10.6 Å². The number of carbonyl (C=O) groups excluding carboxylic acids is 2. The predicted molar refractivity (Wildman–Crippen MR) is 74.8 cm³/mol. The van der Waals surface area contributed by atoms with Crippen molar-refractivity contribution in [2.24, 2.45) is 0 Å². The van der Waals surface area contributed by atoms with Crippen LogP contribution in [0.5, 0.6) is 0 Å². The fourth-order valence-corrected chi connectivity index (χ4v) is 1.82. The topological polar surface area (TPSA) is 58.2 Å². The monoisotopic (exact) mass is 266 g/mol. The van der Waals surface area contributed by atoms with E-state index in [1.165, 1.54) is 11.8 Å². The maximum atomic E-state index is 11.6. The Morgan fingerprint density at radius 1 is 1.22 bits per heavy atom. The summed E-state index contributed by atoms with van der Waals surface area (Å²) in [7, 11) is 0. The molecule has 98 valence electrons. The van der Waals surface area contributed by atoms with E-state index in [2.05, 4.69) is 10.6 Å². The van der Waals surface area contributed by atoms with Gasteiger partial charge in [0.05, 0.1) is 0 Å². The molecule has 0 bridgehead atoms. The van der Waals surface area contributed by atoms with Crippen molar-refractivity contribution in [3.05, 3.63) is 24.3 Å². The van der Waals surface area contributed by atoms with Crippen LogP contribution in [0.2, 0.25) is 0 Å². The lowest BCUT2D eigenvalue weighted by atomic mass is 10.2. The molecule has 0 fully saturated rings. The molecule has 5 heteroatoms. The van der Waals surface area contributed by atoms with Gasteiger partial charge in [0.1, 0.15) is 0 Å². The van der Waals surface area contributed by atoms with E-state index >= 15 is 0 Å². The third-order valence-corrected chi connectivity index (χ3v) is 3.07. The van der Waals surface area contributed by atoms with Gasteiger partial charge in [-0.1, -0.05) is 0 Å². The van der Waals surface area contributed by atoms with Crippen molar-refractivity contribution in [2.75, 3.05) is 18.1 Å². The summed E-state index contributed by atoms with van der Waals surface area (Å²) in [6, 6.07) is 7.71. The van der Waals surface area contributed by atoms with Gasteiger partial charge in [-0.15, -0.1) is 11.8 Å². The number of hydrogen-bond donors (Lipinski definition) is 2. The minimum atomic E-state index is -0.0666. The fourth-order valence-electron chi connectivity index (χ4n) is 1.41. The number of rotatable bonds is 6. The van der Waals surface area contributed by atoms with Crippen molar-refractivity contribution >= 4 is 29.3 Å². The van der Waals surface area contributed by atoms with Gasteiger partial charge in [0, 0.05) is 30.5 Å². The van der Waals surface area contributed by atoms with Gasteiger partial charge >= 0.3 is 0 Å². The second-order valence-corrected chi connectivity index (χ2v) is 4.74. The largest absolute Gasteiger partial charge is 0.356 e. The van der Waals surface area contributed by atoms with Gasteiger partial charge in [0.2, 0.25) is 11.8 Å². The number of nitrogens with one attached hydrogen (secondary N) is 2. The number of carbonyl (C=O) groups is 2. The highest BCUT2D eigenvalue weighted by Gasteiger charge is 2.02. The Labute approximate surface area is 112 Å². The molecule has 0 atom stereocenters. The van der Waals surface area contributed by atoms with Crippen LogP contribution in [-0.4, -0.2) is 24.6 Å². The van der Waals surface area contributed by atoms with Crippen LogP contribution in [0.1, 0.15) is 19.8 Å². The van der Waals surface area contributed by atoms with E-state index in [9.17, 15) is 9.59 Å². The fraction of sp³-hybridized carbons (Fsp3) is 0.385. The van der Waals surface area contributed by atoms with Gasteiger partial charge in [-0.2, -0.15) is 0 Å². The highest BCUT2D eigenvalue weighted by atomic mass is 32.2. The van der Waals surface area contributed by atoms with E-state index in [1.54, 1.807) is 11.8 Å². The quantitative estimate of drug-likeness (QED) is 0.613. The van der Waals surface area contributed by atoms with Crippen LogP contribution in [0.25, 0.3) is 0 Å². The maximum absolute atomic E-state index is 11.6. The van der Waals surface area contributed by atoms with Crippen LogP contribution in [0, 0.1) is 0 Å². The summed E-state index contributed by atoms with van der Waals surface area (Å²) in [6.45, 7) is 2.00. The van der Waals surface area contributed by atoms with Crippen LogP contribution in [-0.2, 0) is 9.59 Å². The molecule has 0 aliphatic rings. The SMILES string of the molecule is CSc1ccc(NC(=O)CCCNC(C)=O)cc1. The highest BCUT2D eigenvalue weighted by Crippen LogP contribution is 2.17. The Morgan fingerprint density at radius 2 is 1.89 bits per heavy atom. The van der Waals surface area contributed by atoms with Gasteiger partial charge in [0.25, 0.3) is 0 Å². The minimum Gasteiger partial charge on any atom is -0.356 e. The number of anilines is 1. The van der Waals surface area contributed by atoms with Gasteiger partial charge in [-0.3, -0.25) is 9.59 Å². The van der Waals surface area contributed by atoms with Crippen molar-refractivity contribution in [3.63, 3.8) is 0 Å². The van der Waals surface area contributed by atoms with Crippen LogP contribution >= 0.6 is 11.8 Å². The predicted octanol–water partition coefficient (Wildman–Crippen LogP) is 2.26. The molecule has 1 aromatic rings. The van der Waals surface area contributed by atoms with Crippen LogP contribution in [0.4, 0.5) is 5.69 Å². The van der Waals surface area contributed by atoms with Crippen molar-refractivity contribution in [2.45, 2.75) is 24.7 Å². The Hall–Kier alpha value is -1.49. The van der Waals surface area contributed by atoms with E-state index in [4.69, 9.17) is 0 Å². The summed E-state index contributed by atoms with van der Waals surface area (Å²) < 4.78 is 0. The number of thioether (sulfide) groups is 1. The lowest BCUT2D eigenvalue weighted by Gasteiger charge is -2.06. The van der Waals surface area contributed by atoms with Crippen LogP contribution in [0.15, 0.2) is 29.2 Å². The number of benzene rings is 1. The summed E-state index contributed by atoms with van der Waals surface area (Å²) in [5.74, 6) is -0.0969. The average Bonchev–Trinajstić information content (AvgIpc) is 2.35. The normalized spacial score (nSPS) is 9.89. The molecular formula is C13H18N2O2S. The highest BCUT2D eigenvalue weighted by molar-refractivity contribution is 7.98. The Morgan fingerprint density at radius 3 is 2.44 bits per heavy atom. The van der Waals surface area contributed by atoms with Crippen LogP contribution < -0.4 is 10.6 Å². The van der Waals surface area contributed by atoms with E-state index in [1.807, 2.05) is 30.5 Å². The summed E-state index contributed by atoms with van der Waals surface area (Å²) in [4.78, 5) is 23.4. The van der Waals surface area contributed by atoms with E-state index in [0.717, 1.165) is 5.69 Å². The first kappa shape index (κ1) is 14.6. The van der Waals surface area contributed by atoms with Crippen molar-refractivity contribution in [3.8, 4) is 0 Å². The van der Waals surface area contributed by atoms with Crippen molar-refractivity contribution in [1.29, 1.82) is 0 Å². The minimum absolute atomic E-state index is 0.0303. The molecule has 1 aromatic carbocycles. The zero-order chi connectivity index (χ0) is 13.4. The first-order valence-electron chi connectivity index (χ1n) is 5.80. The first-order valence-corrected chi connectivity index (χ1v) is 7.02. The van der Waals surface area contributed by atoms with E-state index in [-0.39, 0.29) is 11.8 Å². The molecule has 1 rings (SSSR count). The molecule has 0 radical (unpaired) electrons. The van der Waals surface area contributed by atoms with Gasteiger partial charge in [-0.05, 0) is 36.9 Å². The maximum Gasteiger partial charge on any atom is 0.224 e. The molecule has 2 amide bonds. The lowest BCUT2D eigenvalue weighted by molar-refractivity contribution is -0.119. The summed E-state index contributed by atoms with van der Waals surface area (Å²) in [6.07, 6.45) is 3.06. The molecule has 0 saturated heterocycles. The third-order valence-electron chi connectivity index (χ3n) is 2.33. The molecule has 0 aliphatic heterocycles. The number of hydrogen-bond acceptors (Lipinski definition) is 3. The van der Waals surface area contributed by atoms with Gasteiger partial charge in [0.15, 0.2) is 0 Å². The molecule has 2 N–H and O–H groups in total. The molecule has 0 saturated carbocycles. The summed E-state index contributed by atoms with van der Waals surface area (Å²) >= 11 is 1.66. The number of amides is 2. The molecule has 4 nitrogen and oxygen atoms in total. The Balaban J connectivity index is 2.28. The summed E-state index contributed by atoms with van der Waals surface area (Å²) in [5, 5.41) is 5.48. The van der Waals surface area contributed by atoms with Crippen LogP contribution in [0.3, 0.4) is 0 Å². The third kappa shape index (κ3) is 5.72. The zero-order valence-corrected chi connectivity index (χ0v) is 11.5. The molecule has 0 unspecified atom stereocenters. The molecule has 0 aromatic heterocycles. The second kappa shape index (κ2) is 7.76. The molecule has 0 aliphatic carbocycles. The molecule has 18 heavy (non-hydrogen) atoms. The van der Waals surface area contributed by atoms with Crippen molar-refractivity contribution < 1.29 is 9.59 Å². The van der Waals surface area contributed by atoms with Gasteiger partial charge in [-0.25, -0.2) is 0 Å². The Bertz CT molecular complexity index is 404. The first-order chi connectivity index (χ1) is 8.61. The molecule has 0 spiro atoms. The average molecular weight is 266 g/mol. The smallest absolute Gasteiger partial charge is 0.224 e.